The lowest BCUT2D eigenvalue weighted by atomic mass is 9.97. The summed E-state index contributed by atoms with van der Waals surface area (Å²) in [6, 6.07) is 4.46. The van der Waals surface area contributed by atoms with Gasteiger partial charge in [-0.1, -0.05) is 19.4 Å². The van der Waals surface area contributed by atoms with Crippen molar-refractivity contribution in [1.82, 2.24) is 10.3 Å². The van der Waals surface area contributed by atoms with Crippen LogP contribution in [-0.4, -0.2) is 37.3 Å². The maximum absolute atomic E-state index is 5.73. The minimum atomic E-state index is 0.473. The second kappa shape index (κ2) is 7.23. The number of pyridine rings is 1. The minimum Gasteiger partial charge on any atom is -0.376 e. The third-order valence-corrected chi connectivity index (χ3v) is 4.40. The van der Waals surface area contributed by atoms with E-state index in [4.69, 9.17) is 9.72 Å². The molecule has 1 saturated heterocycles. The lowest BCUT2D eigenvalue weighted by Gasteiger charge is -2.27. The molecule has 0 spiro atoms. The van der Waals surface area contributed by atoms with Gasteiger partial charge >= 0.3 is 0 Å². The third-order valence-electron chi connectivity index (χ3n) is 4.40. The van der Waals surface area contributed by atoms with Gasteiger partial charge in [-0.25, -0.2) is 4.98 Å². The summed E-state index contributed by atoms with van der Waals surface area (Å²) in [5, 5.41) is 6.67. The highest BCUT2D eigenvalue weighted by Gasteiger charge is 2.16. The summed E-state index contributed by atoms with van der Waals surface area (Å²) in [7, 11) is 0. The van der Waals surface area contributed by atoms with Crippen LogP contribution in [0.15, 0.2) is 12.1 Å². The van der Waals surface area contributed by atoms with Gasteiger partial charge in [-0.3, -0.25) is 0 Å². The lowest BCUT2D eigenvalue weighted by Crippen LogP contribution is -2.48. The SMILES string of the molecule is CC1CNc2nc(CCCCCOC3CNC3)ccc2C1. The Bertz CT molecular complexity index is 459. The van der Waals surface area contributed by atoms with Gasteiger partial charge in [-0.15, -0.1) is 0 Å². The van der Waals surface area contributed by atoms with Crippen LogP contribution < -0.4 is 10.6 Å². The number of anilines is 1. The molecule has 0 aliphatic carbocycles. The van der Waals surface area contributed by atoms with Crippen LogP contribution in [0.25, 0.3) is 0 Å². The third kappa shape index (κ3) is 4.17. The molecule has 116 valence electrons. The summed E-state index contributed by atoms with van der Waals surface area (Å²) in [5.74, 6) is 1.84. The molecule has 0 radical (unpaired) electrons. The van der Waals surface area contributed by atoms with Crippen molar-refractivity contribution in [2.45, 2.75) is 45.1 Å². The number of hydrogen-bond donors (Lipinski definition) is 2. The lowest BCUT2D eigenvalue weighted by molar-refractivity contribution is 0.0170. The minimum absolute atomic E-state index is 0.473. The highest BCUT2D eigenvalue weighted by atomic mass is 16.5. The molecule has 2 aliphatic rings. The molecule has 4 heteroatoms. The van der Waals surface area contributed by atoms with E-state index in [0.29, 0.717) is 6.10 Å². The van der Waals surface area contributed by atoms with Gasteiger partial charge in [0.05, 0.1) is 6.10 Å². The van der Waals surface area contributed by atoms with Crippen LogP contribution >= 0.6 is 0 Å². The fourth-order valence-corrected chi connectivity index (χ4v) is 2.92. The smallest absolute Gasteiger partial charge is 0.129 e. The van der Waals surface area contributed by atoms with Crippen molar-refractivity contribution in [2.75, 3.05) is 31.6 Å². The maximum Gasteiger partial charge on any atom is 0.129 e. The largest absolute Gasteiger partial charge is 0.376 e. The Labute approximate surface area is 127 Å². The van der Waals surface area contributed by atoms with Crippen LogP contribution in [0.1, 0.15) is 37.4 Å². The predicted molar refractivity (Wildman–Crippen MR) is 85.8 cm³/mol. The summed E-state index contributed by atoms with van der Waals surface area (Å²) in [5.41, 5.74) is 2.60. The molecule has 0 bridgehead atoms. The van der Waals surface area contributed by atoms with Crippen molar-refractivity contribution in [1.29, 1.82) is 0 Å². The Morgan fingerprint density at radius 3 is 2.90 bits per heavy atom. The number of fused-ring (bicyclic) bond motifs is 1. The molecule has 4 nitrogen and oxygen atoms in total. The highest BCUT2D eigenvalue weighted by molar-refractivity contribution is 5.47. The second-order valence-electron chi connectivity index (χ2n) is 6.46. The fraction of sp³-hybridized carbons (Fsp3) is 0.706. The first-order valence-corrected chi connectivity index (χ1v) is 8.36. The van der Waals surface area contributed by atoms with Crippen LogP contribution in [0.5, 0.6) is 0 Å². The molecule has 3 rings (SSSR count). The highest BCUT2D eigenvalue weighted by Crippen LogP contribution is 2.23. The van der Waals surface area contributed by atoms with Gasteiger partial charge in [0.1, 0.15) is 5.82 Å². The van der Waals surface area contributed by atoms with Crippen LogP contribution in [-0.2, 0) is 17.6 Å². The average Bonchev–Trinajstić information content (AvgIpc) is 2.44. The van der Waals surface area contributed by atoms with Gasteiger partial charge in [-0.2, -0.15) is 0 Å². The average molecular weight is 289 g/mol. The summed E-state index contributed by atoms with van der Waals surface area (Å²) in [6.45, 7) is 6.31. The molecular weight excluding hydrogens is 262 g/mol. The number of nitrogens with zero attached hydrogens (tertiary/aromatic N) is 1. The molecular formula is C17H27N3O. The Morgan fingerprint density at radius 1 is 1.19 bits per heavy atom. The first-order valence-electron chi connectivity index (χ1n) is 8.36. The van der Waals surface area contributed by atoms with E-state index in [1.807, 2.05) is 0 Å². The zero-order valence-electron chi connectivity index (χ0n) is 13.0. The summed E-state index contributed by atoms with van der Waals surface area (Å²) >= 11 is 0. The molecule has 21 heavy (non-hydrogen) atoms. The van der Waals surface area contributed by atoms with Crippen LogP contribution in [0.3, 0.4) is 0 Å². The first-order chi connectivity index (χ1) is 10.3. The Balaban J connectivity index is 1.35. The first kappa shape index (κ1) is 14.8. The Hall–Kier alpha value is -1.13. The molecule has 0 amide bonds. The monoisotopic (exact) mass is 289 g/mol. The second-order valence-corrected chi connectivity index (χ2v) is 6.46. The van der Waals surface area contributed by atoms with E-state index in [-0.39, 0.29) is 0 Å². The van der Waals surface area contributed by atoms with Gasteiger partial charge in [0.15, 0.2) is 0 Å². The van der Waals surface area contributed by atoms with E-state index in [1.54, 1.807) is 0 Å². The number of rotatable bonds is 7. The molecule has 3 heterocycles. The van der Waals surface area contributed by atoms with Crippen LogP contribution in [0.2, 0.25) is 0 Å². The van der Waals surface area contributed by atoms with Crippen molar-refractivity contribution >= 4 is 5.82 Å². The molecule has 1 fully saturated rings. The predicted octanol–water partition coefficient (Wildman–Crippen LogP) is 2.39. The van der Waals surface area contributed by atoms with Crippen molar-refractivity contribution in [3.8, 4) is 0 Å². The zero-order valence-corrected chi connectivity index (χ0v) is 13.0. The van der Waals surface area contributed by atoms with E-state index in [1.165, 1.54) is 24.1 Å². The quantitative estimate of drug-likeness (QED) is 0.757. The van der Waals surface area contributed by atoms with Crippen LogP contribution in [0.4, 0.5) is 5.82 Å². The van der Waals surface area contributed by atoms with E-state index < -0.39 is 0 Å². The van der Waals surface area contributed by atoms with E-state index in [9.17, 15) is 0 Å². The van der Waals surface area contributed by atoms with Gasteiger partial charge in [0.25, 0.3) is 0 Å². The molecule has 1 aromatic heterocycles. The van der Waals surface area contributed by atoms with Gasteiger partial charge < -0.3 is 15.4 Å². The Morgan fingerprint density at radius 2 is 2.10 bits per heavy atom. The number of aryl methyl sites for hydroxylation is 1. The van der Waals surface area contributed by atoms with Crippen molar-refractivity contribution in [2.24, 2.45) is 5.92 Å². The van der Waals surface area contributed by atoms with E-state index >= 15 is 0 Å². The number of nitrogens with one attached hydrogen (secondary N) is 2. The number of aromatic nitrogens is 1. The summed E-state index contributed by atoms with van der Waals surface area (Å²) in [6.07, 6.45) is 6.30. The van der Waals surface area contributed by atoms with Gasteiger partial charge in [0.2, 0.25) is 0 Å². The normalized spacial score (nSPS) is 21.5. The molecule has 2 N–H and O–H groups in total. The van der Waals surface area contributed by atoms with E-state index in [2.05, 4.69) is 29.7 Å². The van der Waals surface area contributed by atoms with E-state index in [0.717, 1.165) is 57.2 Å². The standard InChI is InChI=1S/C17H27N3O/c1-13-9-14-6-7-15(20-17(14)19-10-13)5-3-2-4-8-21-16-11-18-12-16/h6-7,13,16,18H,2-5,8-12H2,1H3,(H,19,20). The molecule has 0 aromatic carbocycles. The summed E-state index contributed by atoms with van der Waals surface area (Å²) in [4.78, 5) is 4.77. The van der Waals surface area contributed by atoms with Crippen molar-refractivity contribution < 1.29 is 4.74 Å². The summed E-state index contributed by atoms with van der Waals surface area (Å²) < 4.78 is 5.73. The molecule has 2 aliphatic heterocycles. The van der Waals surface area contributed by atoms with Crippen molar-refractivity contribution in [3.63, 3.8) is 0 Å². The topological polar surface area (TPSA) is 46.2 Å². The van der Waals surface area contributed by atoms with Crippen molar-refractivity contribution in [3.05, 3.63) is 23.4 Å². The Kier molecular flexibility index (Phi) is 5.09. The molecule has 0 saturated carbocycles. The number of hydrogen-bond acceptors (Lipinski definition) is 4. The van der Waals surface area contributed by atoms with Crippen LogP contribution in [0, 0.1) is 5.92 Å². The number of unbranched alkanes of at least 4 members (excludes halogenated alkanes) is 2. The molecule has 1 aromatic rings. The zero-order chi connectivity index (χ0) is 14.5. The molecule has 1 atom stereocenters. The van der Waals surface area contributed by atoms with Gasteiger partial charge in [0, 0.05) is 31.9 Å². The maximum atomic E-state index is 5.73. The van der Waals surface area contributed by atoms with Gasteiger partial charge in [-0.05, 0) is 43.2 Å². The number of ether oxygens (including phenoxy) is 1. The fourth-order valence-electron chi connectivity index (χ4n) is 2.92. The molecule has 1 unspecified atom stereocenters.